The van der Waals surface area contributed by atoms with E-state index in [1.165, 1.54) is 25.7 Å². The molecule has 22 heavy (non-hydrogen) atoms. The van der Waals surface area contributed by atoms with Gasteiger partial charge in [-0.1, -0.05) is 25.7 Å². The summed E-state index contributed by atoms with van der Waals surface area (Å²) in [7, 11) is 0. The number of carbonyl (C=O) groups is 1. The Balaban J connectivity index is 1.61. The first kappa shape index (κ1) is 17.0. The second kappa shape index (κ2) is 8.93. The number of aryl methyl sites for hydroxylation is 2. The lowest BCUT2D eigenvalue weighted by molar-refractivity contribution is -0.135. The van der Waals surface area contributed by atoms with Crippen LogP contribution in [0.1, 0.15) is 57.4 Å². The molecule has 0 bridgehead atoms. The first-order chi connectivity index (χ1) is 10.6. The maximum Gasteiger partial charge on any atom is 0.248 e. The molecule has 1 N–H and O–H groups in total. The average molecular weight is 307 g/mol. The Bertz CT molecular complexity index is 451. The van der Waals surface area contributed by atoms with Gasteiger partial charge in [0.1, 0.15) is 6.10 Å². The van der Waals surface area contributed by atoms with E-state index in [1.54, 1.807) is 0 Å². The van der Waals surface area contributed by atoms with Crippen LogP contribution in [-0.4, -0.2) is 34.4 Å². The molecule has 5 nitrogen and oxygen atoms in total. The zero-order valence-corrected chi connectivity index (χ0v) is 13.9. The lowest BCUT2D eigenvalue weighted by Crippen LogP contribution is -2.37. The molecule has 0 spiro atoms. The van der Waals surface area contributed by atoms with Crippen molar-refractivity contribution in [2.45, 2.75) is 77.5 Å². The van der Waals surface area contributed by atoms with Crippen molar-refractivity contribution in [1.29, 1.82) is 0 Å². The molecule has 0 aromatic carbocycles. The molecule has 1 heterocycles. The Morgan fingerprint density at radius 3 is 2.77 bits per heavy atom. The number of aromatic nitrogens is 2. The fraction of sp³-hybridized carbons (Fsp3) is 0.765. The van der Waals surface area contributed by atoms with Crippen LogP contribution in [0.3, 0.4) is 0 Å². The van der Waals surface area contributed by atoms with E-state index >= 15 is 0 Å². The van der Waals surface area contributed by atoms with Crippen LogP contribution in [0.15, 0.2) is 12.4 Å². The quantitative estimate of drug-likeness (QED) is 0.622. The van der Waals surface area contributed by atoms with Crippen molar-refractivity contribution in [2.24, 2.45) is 0 Å². The number of amides is 1. The van der Waals surface area contributed by atoms with Crippen LogP contribution >= 0.6 is 0 Å². The van der Waals surface area contributed by atoms with Gasteiger partial charge in [0.15, 0.2) is 0 Å². The van der Waals surface area contributed by atoms with Gasteiger partial charge in [-0.05, 0) is 38.7 Å². The molecule has 1 amide bonds. The van der Waals surface area contributed by atoms with Gasteiger partial charge in [-0.2, -0.15) is 5.10 Å². The van der Waals surface area contributed by atoms with Crippen molar-refractivity contribution < 1.29 is 9.53 Å². The van der Waals surface area contributed by atoms with E-state index in [2.05, 4.69) is 10.4 Å². The van der Waals surface area contributed by atoms with Gasteiger partial charge in [0, 0.05) is 19.3 Å². The predicted molar refractivity (Wildman–Crippen MR) is 86.6 cm³/mol. The first-order valence-corrected chi connectivity index (χ1v) is 8.57. The summed E-state index contributed by atoms with van der Waals surface area (Å²) in [6.45, 7) is 5.37. The molecule has 1 atom stereocenters. The van der Waals surface area contributed by atoms with Crippen molar-refractivity contribution in [2.75, 3.05) is 6.54 Å². The van der Waals surface area contributed by atoms with E-state index in [9.17, 15) is 4.79 Å². The zero-order chi connectivity index (χ0) is 15.8. The summed E-state index contributed by atoms with van der Waals surface area (Å²) in [6, 6.07) is 0. The van der Waals surface area contributed by atoms with Crippen LogP contribution in [0, 0.1) is 6.92 Å². The van der Waals surface area contributed by atoms with E-state index in [4.69, 9.17) is 4.74 Å². The molecule has 1 aliphatic carbocycles. The van der Waals surface area contributed by atoms with Crippen LogP contribution in [0.4, 0.5) is 0 Å². The first-order valence-electron chi connectivity index (χ1n) is 8.57. The Morgan fingerprint density at radius 2 is 2.14 bits per heavy atom. The molecule has 0 saturated heterocycles. The molecule has 1 aliphatic rings. The van der Waals surface area contributed by atoms with E-state index in [0.717, 1.165) is 31.4 Å². The molecule has 1 fully saturated rings. The van der Waals surface area contributed by atoms with E-state index in [-0.39, 0.29) is 18.1 Å². The molecule has 5 heteroatoms. The predicted octanol–water partition coefficient (Wildman–Crippen LogP) is 2.83. The molecule has 1 saturated carbocycles. The van der Waals surface area contributed by atoms with Gasteiger partial charge in [-0.25, -0.2) is 0 Å². The fourth-order valence-corrected chi connectivity index (χ4v) is 2.91. The standard InChI is InChI=1S/C17H29N3O2/c1-14-12-19-20(13-14)11-7-10-18-17(21)15(2)22-16-8-5-3-4-6-9-16/h12-13,15-16H,3-11H2,1-2H3,(H,18,21)/t15-/m1/s1. The summed E-state index contributed by atoms with van der Waals surface area (Å²) in [5.74, 6) is 0.000827. The normalized spacial score (nSPS) is 17.9. The van der Waals surface area contributed by atoms with Crippen LogP contribution < -0.4 is 5.32 Å². The lowest BCUT2D eigenvalue weighted by atomic mass is 10.1. The minimum absolute atomic E-state index is 0.000827. The summed E-state index contributed by atoms with van der Waals surface area (Å²) in [5, 5.41) is 7.19. The monoisotopic (exact) mass is 307 g/mol. The summed E-state index contributed by atoms with van der Waals surface area (Å²) < 4.78 is 7.83. The number of rotatable bonds is 7. The molecular weight excluding hydrogens is 278 g/mol. The second-order valence-corrected chi connectivity index (χ2v) is 6.32. The third-order valence-electron chi connectivity index (χ3n) is 4.19. The van der Waals surface area contributed by atoms with Crippen molar-refractivity contribution in [3.8, 4) is 0 Å². The third-order valence-corrected chi connectivity index (χ3v) is 4.19. The zero-order valence-electron chi connectivity index (χ0n) is 13.9. The average Bonchev–Trinajstić information content (AvgIpc) is 2.74. The van der Waals surface area contributed by atoms with Gasteiger partial charge in [0.2, 0.25) is 5.91 Å². The summed E-state index contributed by atoms with van der Waals surface area (Å²) in [6.07, 6.45) is 11.9. The molecule has 0 aliphatic heterocycles. The van der Waals surface area contributed by atoms with Crippen molar-refractivity contribution in [3.63, 3.8) is 0 Å². The third kappa shape index (κ3) is 5.79. The van der Waals surface area contributed by atoms with E-state index < -0.39 is 0 Å². The van der Waals surface area contributed by atoms with Crippen LogP contribution in [0.2, 0.25) is 0 Å². The fourth-order valence-electron chi connectivity index (χ4n) is 2.91. The number of carbonyl (C=O) groups excluding carboxylic acids is 1. The molecule has 124 valence electrons. The molecule has 0 radical (unpaired) electrons. The lowest BCUT2D eigenvalue weighted by Gasteiger charge is -2.20. The van der Waals surface area contributed by atoms with Gasteiger partial charge in [0.25, 0.3) is 0 Å². The topological polar surface area (TPSA) is 56.2 Å². The highest BCUT2D eigenvalue weighted by molar-refractivity contribution is 5.80. The van der Waals surface area contributed by atoms with Crippen molar-refractivity contribution in [3.05, 3.63) is 18.0 Å². The maximum absolute atomic E-state index is 12.1. The Labute approximate surface area is 133 Å². The largest absolute Gasteiger partial charge is 0.365 e. The summed E-state index contributed by atoms with van der Waals surface area (Å²) in [4.78, 5) is 12.1. The van der Waals surface area contributed by atoms with Crippen LogP contribution in [-0.2, 0) is 16.1 Å². The Hall–Kier alpha value is -1.36. The van der Waals surface area contributed by atoms with Gasteiger partial charge < -0.3 is 10.1 Å². The van der Waals surface area contributed by atoms with E-state index in [0.29, 0.717) is 6.54 Å². The summed E-state index contributed by atoms with van der Waals surface area (Å²) in [5.41, 5.74) is 1.16. The minimum atomic E-state index is -0.352. The van der Waals surface area contributed by atoms with Crippen molar-refractivity contribution >= 4 is 5.91 Å². The summed E-state index contributed by atoms with van der Waals surface area (Å²) >= 11 is 0. The Morgan fingerprint density at radius 1 is 1.41 bits per heavy atom. The minimum Gasteiger partial charge on any atom is -0.365 e. The molecule has 2 rings (SSSR count). The molecule has 1 aromatic heterocycles. The van der Waals surface area contributed by atoms with Crippen LogP contribution in [0.25, 0.3) is 0 Å². The van der Waals surface area contributed by atoms with Crippen LogP contribution in [0.5, 0.6) is 0 Å². The second-order valence-electron chi connectivity index (χ2n) is 6.32. The highest BCUT2D eigenvalue weighted by atomic mass is 16.5. The van der Waals surface area contributed by atoms with Gasteiger partial charge in [-0.3, -0.25) is 9.48 Å². The number of nitrogens with zero attached hydrogens (tertiary/aromatic N) is 2. The molecular formula is C17H29N3O2. The van der Waals surface area contributed by atoms with Gasteiger partial charge in [0.05, 0.1) is 12.3 Å². The van der Waals surface area contributed by atoms with E-state index in [1.807, 2.05) is 30.9 Å². The molecule has 0 unspecified atom stereocenters. The smallest absolute Gasteiger partial charge is 0.248 e. The highest BCUT2D eigenvalue weighted by Crippen LogP contribution is 2.20. The molecule has 1 aromatic rings. The van der Waals surface area contributed by atoms with Crippen molar-refractivity contribution in [1.82, 2.24) is 15.1 Å². The number of ether oxygens (including phenoxy) is 1. The van der Waals surface area contributed by atoms with Gasteiger partial charge >= 0.3 is 0 Å². The number of hydrogen-bond acceptors (Lipinski definition) is 3. The van der Waals surface area contributed by atoms with Gasteiger partial charge in [-0.15, -0.1) is 0 Å². The highest BCUT2D eigenvalue weighted by Gasteiger charge is 2.20. The number of nitrogens with one attached hydrogen (secondary N) is 1. The SMILES string of the molecule is Cc1cnn(CCCNC(=O)[C@@H](C)OC2CCCCCC2)c1. The Kier molecular flexibility index (Phi) is 6.90. The maximum atomic E-state index is 12.1. The number of hydrogen-bond donors (Lipinski definition) is 1.